The van der Waals surface area contributed by atoms with E-state index in [9.17, 15) is 0 Å². The molecule has 1 aliphatic heterocycles. The van der Waals surface area contributed by atoms with Crippen molar-refractivity contribution in [3.05, 3.63) is 23.8 Å². The minimum atomic E-state index is 0.534. The molecule has 3 N–H and O–H groups in total. The molecular weight excluding hydrogens is 328 g/mol. The summed E-state index contributed by atoms with van der Waals surface area (Å²) in [5.41, 5.74) is 7.20. The summed E-state index contributed by atoms with van der Waals surface area (Å²) in [5.74, 6) is 2.64. The first-order valence-corrected chi connectivity index (χ1v) is 9.52. The van der Waals surface area contributed by atoms with Crippen LogP contribution < -0.4 is 20.5 Å². The van der Waals surface area contributed by atoms with Crippen LogP contribution in [0.15, 0.2) is 23.2 Å². The number of rotatable bonds is 8. The molecule has 2 rings (SSSR count). The van der Waals surface area contributed by atoms with Crippen LogP contribution in [-0.2, 0) is 6.42 Å². The standard InChI is InChI=1S/C20H34N4O2/c1-15(2)24-11-5-6-17(14-24)13-23-20(21)22-10-9-16-7-8-18(25-3)19(12-16)26-4/h7-8,12,15,17H,5-6,9-11,13-14H2,1-4H3,(H3,21,22,23). The predicted octanol–water partition coefficient (Wildman–Crippen LogP) is 2.27. The third-order valence-corrected chi connectivity index (χ3v) is 4.97. The third-order valence-electron chi connectivity index (χ3n) is 4.97. The number of methoxy groups -OCH3 is 2. The van der Waals surface area contributed by atoms with E-state index in [0.29, 0.717) is 17.9 Å². The molecule has 0 bridgehead atoms. The molecule has 6 heteroatoms. The number of nitrogens with zero attached hydrogens (tertiary/aromatic N) is 2. The number of likely N-dealkylation sites (tertiary alicyclic amines) is 1. The summed E-state index contributed by atoms with van der Waals surface area (Å²) in [6.45, 7) is 8.40. The number of hydrogen-bond donors (Lipinski definition) is 2. The second-order valence-electron chi connectivity index (χ2n) is 7.19. The van der Waals surface area contributed by atoms with Gasteiger partial charge in [0.25, 0.3) is 0 Å². The Morgan fingerprint density at radius 3 is 2.77 bits per heavy atom. The molecule has 0 saturated carbocycles. The summed E-state index contributed by atoms with van der Waals surface area (Å²) in [7, 11) is 3.29. The Hall–Kier alpha value is -1.95. The summed E-state index contributed by atoms with van der Waals surface area (Å²) in [5, 5.41) is 3.21. The fourth-order valence-corrected chi connectivity index (χ4v) is 3.37. The van der Waals surface area contributed by atoms with E-state index in [2.05, 4.69) is 29.1 Å². The molecule has 1 saturated heterocycles. The first kappa shape index (κ1) is 20.4. The normalized spacial score (nSPS) is 18.8. The minimum absolute atomic E-state index is 0.534. The smallest absolute Gasteiger partial charge is 0.188 e. The van der Waals surface area contributed by atoms with Crippen LogP contribution in [0.25, 0.3) is 0 Å². The number of aliphatic imine (C=N–C) groups is 1. The maximum atomic E-state index is 6.03. The summed E-state index contributed by atoms with van der Waals surface area (Å²) in [6.07, 6.45) is 3.35. The summed E-state index contributed by atoms with van der Waals surface area (Å²) < 4.78 is 10.6. The predicted molar refractivity (Wildman–Crippen MR) is 107 cm³/mol. The van der Waals surface area contributed by atoms with Gasteiger partial charge in [0, 0.05) is 25.7 Å². The Bertz CT molecular complexity index is 589. The van der Waals surface area contributed by atoms with Crippen molar-refractivity contribution in [3.8, 4) is 11.5 Å². The Kier molecular flexibility index (Phi) is 8.04. The highest BCUT2D eigenvalue weighted by atomic mass is 16.5. The molecule has 146 valence electrons. The zero-order valence-corrected chi connectivity index (χ0v) is 16.6. The van der Waals surface area contributed by atoms with Gasteiger partial charge in [-0.2, -0.15) is 0 Å². The van der Waals surface area contributed by atoms with Crippen molar-refractivity contribution in [2.75, 3.05) is 40.4 Å². The second kappa shape index (κ2) is 10.3. The van der Waals surface area contributed by atoms with Crippen LogP contribution >= 0.6 is 0 Å². The Labute approximate surface area is 157 Å². The van der Waals surface area contributed by atoms with Crippen molar-refractivity contribution in [1.82, 2.24) is 10.2 Å². The quantitative estimate of drug-likeness (QED) is 0.548. The number of nitrogens with one attached hydrogen (secondary N) is 1. The molecule has 0 aromatic heterocycles. The van der Waals surface area contributed by atoms with Gasteiger partial charge in [0.15, 0.2) is 17.5 Å². The molecule has 0 radical (unpaired) electrons. The van der Waals surface area contributed by atoms with E-state index in [1.165, 1.54) is 24.9 Å². The monoisotopic (exact) mass is 362 g/mol. The lowest BCUT2D eigenvalue weighted by Crippen LogP contribution is -2.41. The van der Waals surface area contributed by atoms with Gasteiger partial charge in [0.05, 0.1) is 14.2 Å². The molecule has 1 aromatic rings. The molecule has 1 unspecified atom stereocenters. The van der Waals surface area contributed by atoms with Gasteiger partial charge in [-0.15, -0.1) is 0 Å². The fraction of sp³-hybridized carbons (Fsp3) is 0.650. The van der Waals surface area contributed by atoms with Crippen molar-refractivity contribution < 1.29 is 9.47 Å². The van der Waals surface area contributed by atoms with E-state index in [4.69, 9.17) is 15.2 Å². The maximum absolute atomic E-state index is 6.03. The van der Waals surface area contributed by atoms with Gasteiger partial charge in [-0.3, -0.25) is 4.99 Å². The maximum Gasteiger partial charge on any atom is 0.188 e. The van der Waals surface area contributed by atoms with Gasteiger partial charge >= 0.3 is 0 Å². The van der Waals surface area contributed by atoms with Crippen LogP contribution in [0.4, 0.5) is 0 Å². The molecule has 1 fully saturated rings. The summed E-state index contributed by atoms with van der Waals surface area (Å²) in [6, 6.07) is 6.57. The van der Waals surface area contributed by atoms with Crippen molar-refractivity contribution in [2.24, 2.45) is 16.6 Å². The lowest BCUT2D eigenvalue weighted by atomic mass is 9.97. The van der Waals surface area contributed by atoms with Gasteiger partial charge in [-0.25, -0.2) is 0 Å². The SMILES string of the molecule is COc1ccc(CCNC(N)=NCC2CCCN(C(C)C)C2)cc1OC. The lowest BCUT2D eigenvalue weighted by molar-refractivity contribution is 0.143. The molecule has 0 aliphatic carbocycles. The van der Waals surface area contributed by atoms with Crippen LogP contribution in [0, 0.1) is 5.92 Å². The zero-order chi connectivity index (χ0) is 18.9. The number of ether oxygens (including phenoxy) is 2. The first-order valence-electron chi connectivity index (χ1n) is 9.52. The second-order valence-corrected chi connectivity index (χ2v) is 7.19. The van der Waals surface area contributed by atoms with E-state index < -0.39 is 0 Å². The zero-order valence-electron chi connectivity index (χ0n) is 16.6. The van der Waals surface area contributed by atoms with Crippen LogP contribution in [0.3, 0.4) is 0 Å². The number of piperidine rings is 1. The van der Waals surface area contributed by atoms with Gasteiger partial charge in [0.2, 0.25) is 0 Å². The van der Waals surface area contributed by atoms with Gasteiger partial charge in [-0.1, -0.05) is 6.07 Å². The van der Waals surface area contributed by atoms with Crippen LogP contribution in [-0.4, -0.2) is 57.3 Å². The average molecular weight is 363 g/mol. The number of nitrogens with two attached hydrogens (primary N) is 1. The van der Waals surface area contributed by atoms with Crippen molar-refractivity contribution in [1.29, 1.82) is 0 Å². The molecule has 1 atom stereocenters. The molecular formula is C20H34N4O2. The van der Waals surface area contributed by atoms with Gasteiger partial charge < -0.3 is 25.4 Å². The van der Waals surface area contributed by atoms with E-state index >= 15 is 0 Å². The highest BCUT2D eigenvalue weighted by molar-refractivity contribution is 5.77. The number of benzene rings is 1. The molecule has 1 aromatic carbocycles. The van der Waals surface area contributed by atoms with Crippen molar-refractivity contribution >= 4 is 5.96 Å². The van der Waals surface area contributed by atoms with Crippen molar-refractivity contribution in [3.63, 3.8) is 0 Å². The highest BCUT2D eigenvalue weighted by Crippen LogP contribution is 2.27. The molecule has 6 nitrogen and oxygen atoms in total. The van der Waals surface area contributed by atoms with Crippen LogP contribution in [0.2, 0.25) is 0 Å². The summed E-state index contributed by atoms with van der Waals surface area (Å²) in [4.78, 5) is 7.08. The van der Waals surface area contributed by atoms with Crippen LogP contribution in [0.1, 0.15) is 32.3 Å². The van der Waals surface area contributed by atoms with E-state index in [1.807, 2.05) is 18.2 Å². The lowest BCUT2D eigenvalue weighted by Gasteiger charge is -2.34. The summed E-state index contributed by atoms with van der Waals surface area (Å²) >= 11 is 0. The fourth-order valence-electron chi connectivity index (χ4n) is 3.37. The molecule has 1 aliphatic rings. The highest BCUT2D eigenvalue weighted by Gasteiger charge is 2.21. The largest absolute Gasteiger partial charge is 0.493 e. The topological polar surface area (TPSA) is 72.1 Å². The van der Waals surface area contributed by atoms with Crippen LogP contribution in [0.5, 0.6) is 11.5 Å². The molecule has 26 heavy (non-hydrogen) atoms. The van der Waals surface area contributed by atoms with Crippen molar-refractivity contribution in [2.45, 2.75) is 39.2 Å². The number of hydrogen-bond acceptors (Lipinski definition) is 4. The first-order chi connectivity index (χ1) is 12.5. The van der Waals surface area contributed by atoms with Gasteiger partial charge in [0.1, 0.15) is 0 Å². The van der Waals surface area contributed by atoms with E-state index in [-0.39, 0.29) is 0 Å². The molecule has 0 spiro atoms. The van der Waals surface area contributed by atoms with Gasteiger partial charge in [-0.05, 0) is 63.3 Å². The Morgan fingerprint density at radius 1 is 1.31 bits per heavy atom. The Balaban J connectivity index is 1.76. The minimum Gasteiger partial charge on any atom is -0.493 e. The molecule has 1 heterocycles. The Morgan fingerprint density at radius 2 is 2.08 bits per heavy atom. The number of guanidine groups is 1. The van der Waals surface area contributed by atoms with E-state index in [1.54, 1.807) is 14.2 Å². The third kappa shape index (κ3) is 6.09. The molecule has 0 amide bonds. The van der Waals surface area contributed by atoms with E-state index in [0.717, 1.165) is 37.6 Å². The average Bonchev–Trinajstić information content (AvgIpc) is 2.66.